The van der Waals surface area contributed by atoms with E-state index in [1.165, 1.54) is 11.0 Å². The number of methoxy groups -OCH3 is 1. The highest BCUT2D eigenvalue weighted by Gasteiger charge is 2.19. The summed E-state index contributed by atoms with van der Waals surface area (Å²) in [7, 11) is 1.56. The standard InChI is InChI=1S/C16H16N2O4/c1-22-12-8-6-11(7-9-12)10-18(16(17)21)14-5-3-2-4-13(14)15(19)20/h2-9H,10H2,1H3,(H2,17,21)(H,19,20). The number of nitrogens with two attached hydrogens (primary N) is 1. The van der Waals surface area contributed by atoms with E-state index in [0.29, 0.717) is 5.75 Å². The molecule has 2 amide bonds. The lowest BCUT2D eigenvalue weighted by Crippen LogP contribution is -2.36. The number of carbonyl (C=O) groups excluding carboxylic acids is 1. The summed E-state index contributed by atoms with van der Waals surface area (Å²) in [6, 6.07) is 12.6. The number of nitrogens with zero attached hydrogens (tertiary/aromatic N) is 1. The van der Waals surface area contributed by atoms with Crippen molar-refractivity contribution in [3.05, 3.63) is 59.7 Å². The van der Waals surface area contributed by atoms with Gasteiger partial charge in [-0.1, -0.05) is 24.3 Å². The quantitative estimate of drug-likeness (QED) is 0.887. The summed E-state index contributed by atoms with van der Waals surface area (Å²) in [5.74, 6) is -0.420. The summed E-state index contributed by atoms with van der Waals surface area (Å²) < 4.78 is 5.07. The normalized spacial score (nSPS) is 10.0. The number of carboxylic acid groups (broad SMARTS) is 1. The van der Waals surface area contributed by atoms with Gasteiger partial charge in [0.15, 0.2) is 0 Å². The number of rotatable bonds is 5. The van der Waals surface area contributed by atoms with E-state index in [1.807, 2.05) is 0 Å². The highest BCUT2D eigenvalue weighted by atomic mass is 16.5. The van der Waals surface area contributed by atoms with Crippen molar-refractivity contribution in [3.8, 4) is 5.75 Å². The third kappa shape index (κ3) is 3.35. The molecule has 22 heavy (non-hydrogen) atoms. The molecule has 3 N–H and O–H groups in total. The van der Waals surface area contributed by atoms with Crippen molar-refractivity contribution < 1.29 is 19.4 Å². The smallest absolute Gasteiger partial charge is 0.337 e. The predicted octanol–water partition coefficient (Wildman–Crippen LogP) is 2.48. The number of hydrogen-bond acceptors (Lipinski definition) is 3. The summed E-state index contributed by atoms with van der Waals surface area (Å²) in [5.41, 5.74) is 6.50. The molecule has 0 fully saturated rings. The Morgan fingerprint density at radius 3 is 2.32 bits per heavy atom. The van der Waals surface area contributed by atoms with Crippen LogP contribution in [-0.4, -0.2) is 24.2 Å². The molecule has 6 heteroatoms. The van der Waals surface area contributed by atoms with Crippen molar-refractivity contribution >= 4 is 17.7 Å². The second kappa shape index (κ2) is 6.62. The van der Waals surface area contributed by atoms with Gasteiger partial charge in [0.1, 0.15) is 5.75 Å². The molecule has 2 aromatic carbocycles. The van der Waals surface area contributed by atoms with Gasteiger partial charge in [-0.05, 0) is 29.8 Å². The Hall–Kier alpha value is -3.02. The molecule has 0 saturated heterocycles. The molecule has 0 saturated carbocycles. The number of aromatic carboxylic acids is 1. The molecule has 2 rings (SSSR count). The van der Waals surface area contributed by atoms with Crippen LogP contribution in [0, 0.1) is 0 Å². The Morgan fingerprint density at radius 2 is 1.77 bits per heavy atom. The van der Waals surface area contributed by atoms with Gasteiger partial charge >= 0.3 is 12.0 Å². The average molecular weight is 300 g/mol. The van der Waals surface area contributed by atoms with Crippen LogP contribution in [0.5, 0.6) is 5.75 Å². The second-order valence-corrected chi connectivity index (χ2v) is 4.59. The fourth-order valence-electron chi connectivity index (χ4n) is 2.09. The monoisotopic (exact) mass is 300 g/mol. The van der Waals surface area contributed by atoms with Gasteiger partial charge in [0, 0.05) is 0 Å². The Balaban J connectivity index is 2.34. The van der Waals surface area contributed by atoms with E-state index >= 15 is 0 Å². The van der Waals surface area contributed by atoms with Crippen LogP contribution in [0.1, 0.15) is 15.9 Å². The number of para-hydroxylation sites is 1. The Kier molecular flexibility index (Phi) is 4.63. The number of hydrogen-bond donors (Lipinski definition) is 2. The van der Waals surface area contributed by atoms with Crippen LogP contribution in [0.15, 0.2) is 48.5 Å². The molecule has 0 radical (unpaired) electrons. The van der Waals surface area contributed by atoms with Crippen molar-refractivity contribution in [1.82, 2.24) is 0 Å². The number of ether oxygens (including phenoxy) is 1. The van der Waals surface area contributed by atoms with Gasteiger partial charge in [0.05, 0.1) is 24.9 Å². The van der Waals surface area contributed by atoms with Crippen molar-refractivity contribution in [2.24, 2.45) is 5.73 Å². The first kappa shape index (κ1) is 15.4. The summed E-state index contributed by atoms with van der Waals surface area (Å²) in [4.78, 5) is 24.2. The third-order valence-corrected chi connectivity index (χ3v) is 3.19. The van der Waals surface area contributed by atoms with Crippen molar-refractivity contribution in [3.63, 3.8) is 0 Å². The first-order valence-electron chi connectivity index (χ1n) is 6.55. The van der Waals surface area contributed by atoms with Gasteiger partial charge in [-0.2, -0.15) is 0 Å². The largest absolute Gasteiger partial charge is 0.497 e. The third-order valence-electron chi connectivity index (χ3n) is 3.19. The molecule has 0 spiro atoms. The Labute approximate surface area is 127 Å². The molecule has 0 aliphatic heterocycles. The van der Waals surface area contributed by atoms with Gasteiger partial charge in [0.2, 0.25) is 0 Å². The summed E-state index contributed by atoms with van der Waals surface area (Å²) in [5, 5.41) is 9.24. The maximum absolute atomic E-state index is 11.7. The highest BCUT2D eigenvalue weighted by molar-refractivity contribution is 6.00. The number of amides is 2. The first-order chi connectivity index (χ1) is 10.5. The SMILES string of the molecule is COc1ccc(CN(C(N)=O)c2ccccc2C(=O)O)cc1. The molecule has 0 heterocycles. The zero-order chi connectivity index (χ0) is 16.1. The minimum Gasteiger partial charge on any atom is -0.497 e. The lowest BCUT2D eigenvalue weighted by molar-refractivity contribution is 0.0697. The Bertz CT molecular complexity index is 683. The van der Waals surface area contributed by atoms with Gasteiger partial charge in [0.25, 0.3) is 0 Å². The lowest BCUT2D eigenvalue weighted by atomic mass is 10.1. The minimum atomic E-state index is -1.11. The predicted molar refractivity (Wildman–Crippen MR) is 82.2 cm³/mol. The van der Waals surface area contributed by atoms with Crippen molar-refractivity contribution in [2.45, 2.75) is 6.54 Å². The molecule has 0 bridgehead atoms. The molecule has 0 atom stereocenters. The molecule has 0 aliphatic carbocycles. The van der Waals surface area contributed by atoms with E-state index < -0.39 is 12.0 Å². The fourth-order valence-corrected chi connectivity index (χ4v) is 2.09. The lowest BCUT2D eigenvalue weighted by Gasteiger charge is -2.22. The van der Waals surface area contributed by atoms with Crippen LogP contribution >= 0.6 is 0 Å². The highest BCUT2D eigenvalue weighted by Crippen LogP contribution is 2.23. The van der Waals surface area contributed by atoms with Gasteiger partial charge in [-0.3, -0.25) is 4.90 Å². The number of urea groups is 1. The van der Waals surface area contributed by atoms with E-state index in [1.54, 1.807) is 49.6 Å². The van der Waals surface area contributed by atoms with Crippen molar-refractivity contribution in [2.75, 3.05) is 12.0 Å². The fraction of sp³-hybridized carbons (Fsp3) is 0.125. The maximum atomic E-state index is 11.7. The molecule has 0 unspecified atom stereocenters. The molecule has 114 valence electrons. The molecule has 2 aromatic rings. The zero-order valence-electron chi connectivity index (χ0n) is 12.0. The van der Waals surface area contributed by atoms with E-state index in [0.717, 1.165) is 5.56 Å². The zero-order valence-corrected chi connectivity index (χ0v) is 12.0. The van der Waals surface area contributed by atoms with E-state index in [-0.39, 0.29) is 17.8 Å². The van der Waals surface area contributed by atoms with Crippen LogP contribution in [0.25, 0.3) is 0 Å². The van der Waals surface area contributed by atoms with E-state index in [2.05, 4.69) is 0 Å². The van der Waals surface area contributed by atoms with Gasteiger partial charge < -0.3 is 15.6 Å². The van der Waals surface area contributed by atoms with Gasteiger partial charge in [-0.25, -0.2) is 9.59 Å². The minimum absolute atomic E-state index is 0.0230. The molecule has 6 nitrogen and oxygen atoms in total. The van der Waals surface area contributed by atoms with Crippen LogP contribution in [-0.2, 0) is 6.54 Å². The summed E-state index contributed by atoms with van der Waals surface area (Å²) >= 11 is 0. The first-order valence-corrected chi connectivity index (χ1v) is 6.55. The topological polar surface area (TPSA) is 92.9 Å². The van der Waals surface area contributed by atoms with Crippen molar-refractivity contribution in [1.29, 1.82) is 0 Å². The molecule has 0 aliphatic rings. The molecular formula is C16H16N2O4. The molecule has 0 aromatic heterocycles. The summed E-state index contributed by atoms with van der Waals surface area (Å²) in [6.07, 6.45) is 0. The second-order valence-electron chi connectivity index (χ2n) is 4.59. The van der Waals surface area contributed by atoms with Crippen LogP contribution in [0.4, 0.5) is 10.5 Å². The maximum Gasteiger partial charge on any atom is 0.337 e. The van der Waals surface area contributed by atoms with E-state index in [9.17, 15) is 14.7 Å². The number of carbonyl (C=O) groups is 2. The number of benzene rings is 2. The Morgan fingerprint density at radius 1 is 1.14 bits per heavy atom. The number of primary amides is 1. The average Bonchev–Trinajstić information content (AvgIpc) is 2.53. The number of carboxylic acids is 1. The van der Waals surface area contributed by atoms with E-state index in [4.69, 9.17) is 10.5 Å². The van der Waals surface area contributed by atoms with Crippen LogP contribution < -0.4 is 15.4 Å². The van der Waals surface area contributed by atoms with Crippen LogP contribution in [0.2, 0.25) is 0 Å². The number of anilines is 1. The summed E-state index contributed by atoms with van der Waals surface area (Å²) in [6.45, 7) is 0.170. The van der Waals surface area contributed by atoms with Crippen LogP contribution in [0.3, 0.4) is 0 Å². The van der Waals surface area contributed by atoms with Gasteiger partial charge in [-0.15, -0.1) is 0 Å². The molecular weight excluding hydrogens is 284 g/mol.